The summed E-state index contributed by atoms with van der Waals surface area (Å²) in [5.74, 6) is 3.23. The van der Waals surface area contributed by atoms with Crippen molar-refractivity contribution in [1.82, 2.24) is 20.4 Å². The molecule has 178 valence electrons. The SMILES string of the molecule is CN=C(NCc1cc(OC)c(OC)c(OC)c1)NCC(C(C)C)N1CCN(C)CC1.I. The second-order valence-electron chi connectivity index (χ2n) is 7.99. The lowest BCUT2D eigenvalue weighted by molar-refractivity contribution is 0.0900. The third kappa shape index (κ3) is 7.87. The van der Waals surface area contributed by atoms with Crippen molar-refractivity contribution in [2.45, 2.75) is 26.4 Å². The van der Waals surface area contributed by atoms with Gasteiger partial charge in [0, 0.05) is 52.4 Å². The lowest BCUT2D eigenvalue weighted by atomic mass is 10.0. The molecule has 2 N–H and O–H groups in total. The van der Waals surface area contributed by atoms with Gasteiger partial charge in [-0.25, -0.2) is 0 Å². The molecule has 1 saturated heterocycles. The van der Waals surface area contributed by atoms with E-state index in [0.29, 0.717) is 35.8 Å². The number of ether oxygens (including phenoxy) is 3. The van der Waals surface area contributed by atoms with Gasteiger partial charge in [0.2, 0.25) is 5.75 Å². The molecule has 1 heterocycles. The smallest absolute Gasteiger partial charge is 0.203 e. The molecule has 8 nitrogen and oxygen atoms in total. The van der Waals surface area contributed by atoms with Crippen LogP contribution in [0.15, 0.2) is 17.1 Å². The zero-order valence-corrected chi connectivity index (χ0v) is 22.4. The Labute approximate surface area is 204 Å². The minimum absolute atomic E-state index is 0. The fourth-order valence-corrected chi connectivity index (χ4v) is 3.79. The molecule has 0 radical (unpaired) electrons. The van der Waals surface area contributed by atoms with Crippen LogP contribution in [0.5, 0.6) is 17.2 Å². The average Bonchev–Trinajstić information content (AvgIpc) is 2.75. The molecular weight excluding hydrogens is 509 g/mol. The van der Waals surface area contributed by atoms with Gasteiger partial charge in [-0.2, -0.15) is 0 Å². The number of hydrogen-bond acceptors (Lipinski definition) is 6. The molecule has 1 unspecified atom stereocenters. The van der Waals surface area contributed by atoms with Crippen LogP contribution in [0.3, 0.4) is 0 Å². The van der Waals surface area contributed by atoms with Crippen molar-refractivity contribution in [2.75, 3.05) is 68.1 Å². The quantitative estimate of drug-likeness (QED) is 0.278. The van der Waals surface area contributed by atoms with E-state index in [-0.39, 0.29) is 24.0 Å². The summed E-state index contributed by atoms with van der Waals surface area (Å²) in [4.78, 5) is 9.37. The molecule has 1 aromatic carbocycles. The van der Waals surface area contributed by atoms with Gasteiger partial charge in [0.05, 0.1) is 21.3 Å². The first kappa shape index (κ1) is 27.6. The lowest BCUT2D eigenvalue weighted by Crippen LogP contribution is -2.55. The number of benzene rings is 1. The third-order valence-corrected chi connectivity index (χ3v) is 5.66. The summed E-state index contributed by atoms with van der Waals surface area (Å²) in [5, 5.41) is 6.90. The Kier molecular flexibility index (Phi) is 12.3. The Morgan fingerprint density at radius 3 is 2.03 bits per heavy atom. The molecule has 0 aliphatic carbocycles. The number of piperazine rings is 1. The van der Waals surface area contributed by atoms with Crippen LogP contribution in [-0.4, -0.2) is 89.9 Å². The molecule has 1 aromatic rings. The van der Waals surface area contributed by atoms with Gasteiger partial charge in [-0.15, -0.1) is 24.0 Å². The second-order valence-corrected chi connectivity index (χ2v) is 7.99. The Morgan fingerprint density at radius 2 is 1.58 bits per heavy atom. The van der Waals surface area contributed by atoms with E-state index in [9.17, 15) is 0 Å². The molecule has 0 bridgehead atoms. The van der Waals surface area contributed by atoms with Gasteiger partial charge >= 0.3 is 0 Å². The topological polar surface area (TPSA) is 70.6 Å². The van der Waals surface area contributed by atoms with E-state index in [1.807, 2.05) is 12.1 Å². The summed E-state index contributed by atoms with van der Waals surface area (Å²) < 4.78 is 16.3. The zero-order valence-electron chi connectivity index (χ0n) is 20.0. The molecule has 9 heteroatoms. The summed E-state index contributed by atoms with van der Waals surface area (Å²) in [6.45, 7) is 10.5. The maximum absolute atomic E-state index is 5.44. The molecule has 0 amide bonds. The maximum atomic E-state index is 5.44. The van der Waals surface area contributed by atoms with Crippen molar-refractivity contribution < 1.29 is 14.2 Å². The number of hydrogen-bond donors (Lipinski definition) is 2. The Bertz CT molecular complexity index is 669. The van der Waals surface area contributed by atoms with Crippen molar-refractivity contribution in [3.05, 3.63) is 17.7 Å². The van der Waals surface area contributed by atoms with Gasteiger partial charge in [0.15, 0.2) is 17.5 Å². The molecule has 1 atom stereocenters. The number of nitrogens with one attached hydrogen (secondary N) is 2. The number of aliphatic imine (C=N–C) groups is 1. The Hall–Kier alpha value is -1.46. The number of methoxy groups -OCH3 is 3. The fraction of sp³-hybridized carbons (Fsp3) is 0.682. The number of rotatable bonds is 9. The molecule has 0 spiro atoms. The first-order chi connectivity index (χ1) is 14.4. The van der Waals surface area contributed by atoms with Crippen LogP contribution in [0.2, 0.25) is 0 Å². The van der Waals surface area contributed by atoms with Crippen LogP contribution in [0.1, 0.15) is 19.4 Å². The molecular formula is C22H40IN5O3. The van der Waals surface area contributed by atoms with Crippen molar-refractivity contribution in [3.8, 4) is 17.2 Å². The van der Waals surface area contributed by atoms with E-state index < -0.39 is 0 Å². The van der Waals surface area contributed by atoms with Crippen molar-refractivity contribution in [1.29, 1.82) is 0 Å². The molecule has 1 fully saturated rings. The van der Waals surface area contributed by atoms with Gasteiger partial charge in [-0.3, -0.25) is 9.89 Å². The first-order valence-corrected chi connectivity index (χ1v) is 10.6. The average molecular weight is 549 g/mol. The number of nitrogens with zero attached hydrogens (tertiary/aromatic N) is 3. The maximum Gasteiger partial charge on any atom is 0.203 e. The summed E-state index contributed by atoms with van der Waals surface area (Å²) >= 11 is 0. The highest BCUT2D eigenvalue weighted by atomic mass is 127. The van der Waals surface area contributed by atoms with E-state index in [2.05, 4.69) is 46.3 Å². The van der Waals surface area contributed by atoms with E-state index in [1.54, 1.807) is 28.4 Å². The van der Waals surface area contributed by atoms with Crippen molar-refractivity contribution >= 4 is 29.9 Å². The van der Waals surface area contributed by atoms with Crippen LogP contribution in [0.4, 0.5) is 0 Å². The van der Waals surface area contributed by atoms with E-state index in [0.717, 1.165) is 44.2 Å². The van der Waals surface area contributed by atoms with Crippen LogP contribution in [0.25, 0.3) is 0 Å². The van der Waals surface area contributed by atoms with Crippen molar-refractivity contribution in [3.63, 3.8) is 0 Å². The molecule has 2 rings (SSSR count). The fourth-order valence-electron chi connectivity index (χ4n) is 3.79. The van der Waals surface area contributed by atoms with Crippen LogP contribution in [0, 0.1) is 5.92 Å². The summed E-state index contributed by atoms with van der Waals surface area (Å²) in [6, 6.07) is 4.37. The Balaban J connectivity index is 0.00000480. The van der Waals surface area contributed by atoms with E-state index in [4.69, 9.17) is 14.2 Å². The Morgan fingerprint density at radius 1 is 1.00 bits per heavy atom. The van der Waals surface area contributed by atoms with Gasteiger partial charge in [-0.1, -0.05) is 13.8 Å². The molecule has 1 aliphatic rings. The van der Waals surface area contributed by atoms with Crippen molar-refractivity contribution in [2.24, 2.45) is 10.9 Å². The number of halogens is 1. The predicted molar refractivity (Wildman–Crippen MR) is 137 cm³/mol. The normalized spacial score (nSPS) is 16.5. The number of guanidine groups is 1. The zero-order chi connectivity index (χ0) is 22.1. The lowest BCUT2D eigenvalue weighted by Gasteiger charge is -2.40. The van der Waals surface area contributed by atoms with Gasteiger partial charge in [-0.05, 0) is 30.7 Å². The molecule has 1 aliphatic heterocycles. The van der Waals surface area contributed by atoms with Gasteiger partial charge < -0.3 is 29.7 Å². The van der Waals surface area contributed by atoms with Crippen LogP contribution >= 0.6 is 24.0 Å². The minimum Gasteiger partial charge on any atom is -0.493 e. The first-order valence-electron chi connectivity index (χ1n) is 10.6. The highest BCUT2D eigenvalue weighted by Crippen LogP contribution is 2.38. The van der Waals surface area contributed by atoms with Crippen LogP contribution < -0.4 is 24.8 Å². The van der Waals surface area contributed by atoms with E-state index in [1.165, 1.54) is 0 Å². The predicted octanol–water partition coefficient (Wildman–Crippen LogP) is 2.27. The summed E-state index contributed by atoms with van der Waals surface area (Å²) in [6.07, 6.45) is 0. The number of likely N-dealkylation sites (N-methyl/N-ethyl adjacent to an activating group) is 1. The minimum atomic E-state index is 0. The third-order valence-electron chi connectivity index (χ3n) is 5.66. The second kappa shape index (κ2) is 13.8. The monoisotopic (exact) mass is 549 g/mol. The standard InChI is InChI=1S/C22H39N5O3.HI/c1-16(2)18(27-10-8-26(4)9-11-27)15-25-22(23-3)24-14-17-12-19(28-5)21(30-7)20(13-17)29-6;/h12-13,16,18H,8-11,14-15H2,1-7H3,(H2,23,24,25);1H. The van der Waals surface area contributed by atoms with Gasteiger partial charge in [0.25, 0.3) is 0 Å². The highest BCUT2D eigenvalue weighted by Gasteiger charge is 2.25. The van der Waals surface area contributed by atoms with Gasteiger partial charge in [0.1, 0.15) is 0 Å². The summed E-state index contributed by atoms with van der Waals surface area (Å²) in [5.41, 5.74) is 1.02. The summed E-state index contributed by atoms with van der Waals surface area (Å²) in [7, 11) is 8.84. The molecule has 0 saturated carbocycles. The largest absolute Gasteiger partial charge is 0.493 e. The van der Waals surface area contributed by atoms with Crippen LogP contribution in [-0.2, 0) is 6.54 Å². The molecule has 31 heavy (non-hydrogen) atoms. The highest BCUT2D eigenvalue weighted by molar-refractivity contribution is 14.0. The molecule has 0 aromatic heterocycles. The van der Waals surface area contributed by atoms with E-state index >= 15 is 0 Å².